The van der Waals surface area contributed by atoms with Crippen LogP contribution >= 0.6 is 12.6 Å². The number of carbonyl (C=O) groups is 4. The van der Waals surface area contributed by atoms with Gasteiger partial charge in [0.2, 0.25) is 17.7 Å². The molecule has 2 aliphatic carbocycles. The predicted octanol–water partition coefficient (Wildman–Crippen LogP) is 6.46. The second-order valence-electron chi connectivity index (χ2n) is 17.2. The Balaban J connectivity index is 0.887. The number of nitrogens with zero attached hydrogens (tertiary/aromatic N) is 5. The number of alkyl halides is 3. The van der Waals surface area contributed by atoms with E-state index in [1.165, 1.54) is 11.0 Å². The van der Waals surface area contributed by atoms with Gasteiger partial charge < -0.3 is 20.3 Å². The number of hydrogen-bond donors (Lipinski definition) is 4. The SMILES string of the molecule is C[C@@H]1CN(CCOc2ccc(N3C(S)N(c4ccc(C#N)c(C(F)(F)F)c4)C(=O)C34CCCC4)cc2C2CC2)C[C@H](C)N1CC(=O)Nc1cccc(NC2CCC(=O)NC2=O)c1. The number of rotatable bonds is 12. The van der Waals surface area contributed by atoms with E-state index in [4.69, 9.17) is 17.4 Å². The minimum absolute atomic E-state index is 0.0501. The van der Waals surface area contributed by atoms with E-state index in [-0.39, 0.29) is 54.4 Å². The first-order valence-electron chi connectivity index (χ1n) is 21.3. The molecule has 5 fully saturated rings. The molecule has 13 nitrogen and oxygen atoms in total. The normalized spacial score (nSPS) is 24.3. The van der Waals surface area contributed by atoms with Crippen LogP contribution in [0.1, 0.15) is 87.8 Å². The number of imide groups is 1. The third kappa shape index (κ3) is 8.82. The fourth-order valence-electron chi connectivity index (χ4n) is 9.69. The summed E-state index contributed by atoms with van der Waals surface area (Å²) in [6.45, 7) is 7.04. The number of carbonyl (C=O) groups excluding carboxylic acids is 4. The summed E-state index contributed by atoms with van der Waals surface area (Å²) in [6.07, 6.45) is 0.600. The van der Waals surface area contributed by atoms with Gasteiger partial charge in [0.05, 0.1) is 23.7 Å². The van der Waals surface area contributed by atoms with Gasteiger partial charge in [0, 0.05) is 60.9 Å². The molecule has 4 atom stereocenters. The van der Waals surface area contributed by atoms with Gasteiger partial charge in [-0.2, -0.15) is 18.4 Å². The van der Waals surface area contributed by atoms with Gasteiger partial charge in [-0.1, -0.05) is 18.9 Å². The Hall–Kier alpha value is -5.31. The lowest BCUT2D eigenvalue weighted by molar-refractivity contribution is -0.138. The number of ether oxygens (including phenoxy) is 1. The van der Waals surface area contributed by atoms with E-state index in [1.54, 1.807) is 24.3 Å². The van der Waals surface area contributed by atoms with E-state index < -0.39 is 34.4 Å². The van der Waals surface area contributed by atoms with E-state index in [0.29, 0.717) is 49.7 Å². The molecule has 0 aromatic heterocycles. The molecule has 0 bridgehead atoms. The summed E-state index contributed by atoms with van der Waals surface area (Å²) >= 11 is 4.90. The molecule has 8 rings (SSSR count). The number of amides is 4. The maximum atomic E-state index is 14.3. The molecule has 3 aromatic carbocycles. The topological polar surface area (TPSA) is 150 Å². The van der Waals surface area contributed by atoms with Gasteiger partial charge in [-0.05, 0) is 112 Å². The average molecular weight is 873 g/mol. The first kappa shape index (κ1) is 43.3. The Morgan fingerprint density at radius 1 is 0.968 bits per heavy atom. The molecule has 3 N–H and O–H groups in total. The Labute approximate surface area is 364 Å². The highest BCUT2D eigenvalue weighted by molar-refractivity contribution is 7.81. The van der Waals surface area contributed by atoms with Crippen molar-refractivity contribution < 1.29 is 37.1 Å². The summed E-state index contributed by atoms with van der Waals surface area (Å²) in [5.74, 6) is -0.0194. The van der Waals surface area contributed by atoms with Gasteiger partial charge in [0.15, 0.2) is 5.50 Å². The van der Waals surface area contributed by atoms with Crippen molar-refractivity contribution in [3.8, 4) is 11.8 Å². The van der Waals surface area contributed by atoms with Crippen molar-refractivity contribution >= 4 is 59.0 Å². The minimum Gasteiger partial charge on any atom is -0.492 e. The maximum Gasteiger partial charge on any atom is 0.417 e. The van der Waals surface area contributed by atoms with Crippen LogP contribution in [0.25, 0.3) is 0 Å². The van der Waals surface area contributed by atoms with Crippen molar-refractivity contribution in [2.75, 3.05) is 53.2 Å². The standard InChI is InChI=1S/C45H51F3N8O5S/c1-27-24-53(25-28(2)54(27)26-40(58)51-32-7-5-6-31(20-32)50-37-13-15-39(57)52-41(37)59)18-19-61-38-14-12-34(21-35(38)29-8-9-29)56-43(62)55(42(60)44(56)16-3-4-17-44)33-11-10-30(23-49)36(22-33)45(46,47)48/h5-7,10-12,14,20-22,27-29,37,43,50,62H,3-4,8-9,13,15-19,24-26H2,1-2H3,(H,51,58)(H,52,57,59)/t27-,28+,37?,43?. The first-order valence-corrected chi connectivity index (χ1v) is 21.8. The first-order chi connectivity index (χ1) is 29.6. The largest absolute Gasteiger partial charge is 0.492 e. The highest BCUT2D eigenvalue weighted by atomic mass is 32.1. The van der Waals surface area contributed by atoms with Crippen LogP contribution in [0, 0.1) is 11.3 Å². The van der Waals surface area contributed by atoms with Crippen LogP contribution in [0.15, 0.2) is 60.7 Å². The summed E-state index contributed by atoms with van der Waals surface area (Å²) in [5, 5.41) is 17.9. The van der Waals surface area contributed by atoms with Crippen molar-refractivity contribution in [1.82, 2.24) is 15.1 Å². The van der Waals surface area contributed by atoms with Gasteiger partial charge in [-0.15, -0.1) is 12.6 Å². The summed E-state index contributed by atoms with van der Waals surface area (Å²) < 4.78 is 48.4. The van der Waals surface area contributed by atoms with Crippen molar-refractivity contribution in [3.05, 3.63) is 77.4 Å². The number of hydrogen-bond acceptors (Lipinski definition) is 11. The fraction of sp³-hybridized carbons (Fsp3) is 0.489. The highest BCUT2D eigenvalue weighted by Gasteiger charge is 2.58. The molecule has 2 saturated carbocycles. The fourth-order valence-corrected chi connectivity index (χ4v) is 10.3. The van der Waals surface area contributed by atoms with Gasteiger partial charge >= 0.3 is 6.18 Å². The van der Waals surface area contributed by atoms with Gasteiger partial charge in [-0.25, -0.2) is 0 Å². The Kier molecular flexibility index (Phi) is 12.2. The molecular formula is C45H51F3N8O5S. The van der Waals surface area contributed by atoms with Gasteiger partial charge in [-0.3, -0.25) is 39.2 Å². The van der Waals surface area contributed by atoms with Crippen LogP contribution in [0.5, 0.6) is 5.75 Å². The number of nitriles is 1. The minimum atomic E-state index is -4.77. The third-order valence-electron chi connectivity index (χ3n) is 12.9. The summed E-state index contributed by atoms with van der Waals surface area (Å²) in [5.41, 5.74) is -0.294. The number of piperidine rings is 1. The molecule has 3 heterocycles. The maximum absolute atomic E-state index is 14.3. The Morgan fingerprint density at radius 3 is 2.35 bits per heavy atom. The van der Waals surface area contributed by atoms with E-state index in [2.05, 4.69) is 45.7 Å². The lowest BCUT2D eigenvalue weighted by atomic mass is 9.94. The molecule has 2 unspecified atom stereocenters. The molecule has 0 radical (unpaired) electrons. The monoisotopic (exact) mass is 872 g/mol. The smallest absolute Gasteiger partial charge is 0.417 e. The molecule has 1 spiro atoms. The predicted molar refractivity (Wildman–Crippen MR) is 231 cm³/mol. The number of anilines is 4. The second-order valence-corrected chi connectivity index (χ2v) is 17.7. The number of nitrogens with one attached hydrogen (secondary N) is 3. The number of piperazine rings is 1. The van der Waals surface area contributed by atoms with Gasteiger partial charge in [0.1, 0.15) is 23.9 Å². The number of benzene rings is 3. The van der Waals surface area contributed by atoms with E-state index >= 15 is 0 Å². The molecule has 17 heteroatoms. The molecule has 3 saturated heterocycles. The van der Waals surface area contributed by atoms with Crippen molar-refractivity contribution in [1.29, 1.82) is 5.26 Å². The molecule has 3 aromatic rings. The van der Waals surface area contributed by atoms with Crippen LogP contribution in [0.2, 0.25) is 0 Å². The highest BCUT2D eigenvalue weighted by Crippen LogP contribution is 2.51. The molecule has 5 aliphatic rings. The molecule has 62 heavy (non-hydrogen) atoms. The zero-order valence-electron chi connectivity index (χ0n) is 34.7. The van der Waals surface area contributed by atoms with Crippen LogP contribution in [-0.2, 0) is 25.4 Å². The Bertz CT molecular complexity index is 2270. The molecule has 328 valence electrons. The molecular weight excluding hydrogens is 822 g/mol. The average Bonchev–Trinajstić information content (AvgIpc) is 3.92. The third-order valence-corrected chi connectivity index (χ3v) is 13.3. The quantitative estimate of drug-likeness (QED) is 0.118. The van der Waals surface area contributed by atoms with Crippen LogP contribution in [0.3, 0.4) is 0 Å². The number of halogens is 3. The zero-order valence-corrected chi connectivity index (χ0v) is 35.6. The van der Waals surface area contributed by atoms with Crippen molar-refractivity contribution in [2.24, 2.45) is 0 Å². The molecule has 3 aliphatic heterocycles. The lowest BCUT2D eigenvalue weighted by Crippen LogP contribution is -2.58. The van der Waals surface area contributed by atoms with E-state index in [0.717, 1.165) is 67.9 Å². The zero-order chi connectivity index (χ0) is 43.9. The van der Waals surface area contributed by atoms with E-state index in [1.807, 2.05) is 23.1 Å². The number of thiol groups is 1. The Morgan fingerprint density at radius 2 is 1.68 bits per heavy atom. The van der Waals surface area contributed by atoms with Crippen LogP contribution in [0.4, 0.5) is 35.9 Å². The summed E-state index contributed by atoms with van der Waals surface area (Å²) in [7, 11) is 0. The van der Waals surface area contributed by atoms with Gasteiger partial charge in [0.25, 0.3) is 5.91 Å². The molecule has 4 amide bonds. The second kappa shape index (κ2) is 17.5. The van der Waals surface area contributed by atoms with Crippen molar-refractivity contribution in [3.63, 3.8) is 0 Å². The lowest BCUT2D eigenvalue weighted by Gasteiger charge is -2.44. The summed E-state index contributed by atoms with van der Waals surface area (Å²) in [6, 6.07) is 17.8. The van der Waals surface area contributed by atoms with Crippen molar-refractivity contribution in [2.45, 2.75) is 106 Å². The summed E-state index contributed by atoms with van der Waals surface area (Å²) in [4.78, 5) is 59.1. The van der Waals surface area contributed by atoms with E-state index in [9.17, 15) is 37.6 Å². The van der Waals surface area contributed by atoms with Crippen LogP contribution in [-0.4, -0.2) is 95.4 Å². The van der Waals surface area contributed by atoms with Crippen LogP contribution < -0.4 is 30.5 Å².